The minimum Gasteiger partial charge on any atom is -0.480 e. The zero-order chi connectivity index (χ0) is 23.6. The summed E-state index contributed by atoms with van der Waals surface area (Å²) in [4.78, 5) is 37.6. The molecule has 0 radical (unpaired) electrons. The number of likely N-dealkylation sites (N-methyl/N-ethyl adjacent to an activating group) is 1. The summed E-state index contributed by atoms with van der Waals surface area (Å²) >= 11 is 0. The van der Waals surface area contributed by atoms with Crippen LogP contribution in [0, 0.1) is 5.41 Å². The summed E-state index contributed by atoms with van der Waals surface area (Å²) in [5.74, 6) is -1.27. The van der Waals surface area contributed by atoms with Gasteiger partial charge in [0.05, 0.1) is 0 Å². The highest BCUT2D eigenvalue weighted by molar-refractivity contribution is 5.83. The van der Waals surface area contributed by atoms with Crippen molar-refractivity contribution in [3.8, 4) is 11.1 Å². The number of nitrogens with one attached hydrogen (secondary N) is 1. The van der Waals surface area contributed by atoms with Crippen molar-refractivity contribution in [1.82, 2.24) is 10.2 Å². The van der Waals surface area contributed by atoms with E-state index in [9.17, 15) is 14.4 Å². The minimum atomic E-state index is -1.04. The molecular formula is C26H30N2O5. The first-order valence-corrected chi connectivity index (χ1v) is 11.4. The molecule has 7 heteroatoms. The van der Waals surface area contributed by atoms with Gasteiger partial charge in [0.2, 0.25) is 5.91 Å². The van der Waals surface area contributed by atoms with Gasteiger partial charge >= 0.3 is 12.1 Å². The van der Waals surface area contributed by atoms with Gasteiger partial charge in [-0.2, -0.15) is 0 Å². The maximum absolute atomic E-state index is 12.6. The first-order valence-electron chi connectivity index (χ1n) is 11.4. The zero-order valence-corrected chi connectivity index (χ0v) is 19.0. The van der Waals surface area contributed by atoms with Crippen LogP contribution < -0.4 is 5.32 Å². The molecule has 2 aliphatic carbocycles. The molecule has 2 amide bonds. The van der Waals surface area contributed by atoms with E-state index >= 15 is 0 Å². The van der Waals surface area contributed by atoms with Crippen molar-refractivity contribution in [1.29, 1.82) is 0 Å². The predicted molar refractivity (Wildman–Crippen MR) is 124 cm³/mol. The number of hydrogen-bond acceptors (Lipinski definition) is 4. The first-order chi connectivity index (χ1) is 15.8. The summed E-state index contributed by atoms with van der Waals surface area (Å²) in [5.41, 5.74) is 4.32. The van der Waals surface area contributed by atoms with Crippen LogP contribution in [0.4, 0.5) is 4.79 Å². The molecule has 0 spiro atoms. The molecule has 1 saturated carbocycles. The molecule has 0 bridgehead atoms. The van der Waals surface area contributed by atoms with Crippen LogP contribution in [-0.4, -0.2) is 54.2 Å². The molecule has 2 aliphatic rings. The van der Waals surface area contributed by atoms with Gasteiger partial charge in [0.25, 0.3) is 0 Å². The summed E-state index contributed by atoms with van der Waals surface area (Å²) < 4.78 is 5.60. The number of benzene rings is 2. The Morgan fingerprint density at radius 1 is 1.09 bits per heavy atom. The fourth-order valence-corrected chi connectivity index (χ4v) is 4.83. The Morgan fingerprint density at radius 3 is 2.18 bits per heavy atom. The number of fused-ring (bicyclic) bond motifs is 3. The number of ether oxygens (including phenoxy) is 1. The first kappa shape index (κ1) is 22.8. The highest BCUT2D eigenvalue weighted by Crippen LogP contribution is 2.45. The van der Waals surface area contributed by atoms with Crippen molar-refractivity contribution < 1.29 is 24.2 Å². The van der Waals surface area contributed by atoms with Gasteiger partial charge in [-0.05, 0) is 47.4 Å². The van der Waals surface area contributed by atoms with Crippen LogP contribution in [0.2, 0.25) is 0 Å². The number of carbonyl (C=O) groups is 3. The second-order valence-electron chi connectivity index (χ2n) is 9.23. The largest absolute Gasteiger partial charge is 0.480 e. The van der Waals surface area contributed by atoms with Crippen molar-refractivity contribution in [2.24, 2.45) is 5.41 Å². The smallest absolute Gasteiger partial charge is 0.407 e. The molecular weight excluding hydrogens is 420 g/mol. The number of hydrogen-bond donors (Lipinski definition) is 2. The summed E-state index contributed by atoms with van der Waals surface area (Å²) in [7, 11) is 1.51. The second-order valence-corrected chi connectivity index (χ2v) is 9.23. The van der Waals surface area contributed by atoms with Crippen LogP contribution in [0.3, 0.4) is 0 Å². The normalized spacial score (nSPS) is 16.7. The van der Waals surface area contributed by atoms with Gasteiger partial charge < -0.3 is 20.1 Å². The Labute approximate surface area is 193 Å². The van der Waals surface area contributed by atoms with E-state index in [0.717, 1.165) is 30.4 Å². The van der Waals surface area contributed by atoms with Crippen molar-refractivity contribution >= 4 is 18.0 Å². The highest BCUT2D eigenvalue weighted by atomic mass is 16.5. The quantitative estimate of drug-likeness (QED) is 0.633. The van der Waals surface area contributed by atoms with Crippen LogP contribution in [0.25, 0.3) is 11.1 Å². The SMILES string of the molecule is C[C@@H](C(=O)O)N(C)C(=O)CC1(CNC(=O)OCC2c3ccccc3-c3ccccc32)CCC1. The Balaban J connectivity index is 1.33. The summed E-state index contributed by atoms with van der Waals surface area (Å²) in [6, 6.07) is 15.5. The zero-order valence-electron chi connectivity index (χ0n) is 19.0. The van der Waals surface area contributed by atoms with Crippen molar-refractivity contribution in [2.75, 3.05) is 20.2 Å². The fourth-order valence-electron chi connectivity index (χ4n) is 4.83. The minimum absolute atomic E-state index is 0.00598. The molecule has 7 nitrogen and oxygen atoms in total. The molecule has 174 valence electrons. The van der Waals surface area contributed by atoms with Gasteiger partial charge in [0.15, 0.2) is 0 Å². The highest BCUT2D eigenvalue weighted by Gasteiger charge is 2.41. The molecule has 0 saturated heterocycles. The summed E-state index contributed by atoms with van der Waals surface area (Å²) in [5, 5.41) is 12.0. The average Bonchev–Trinajstić information content (AvgIpc) is 3.11. The number of nitrogens with zero attached hydrogens (tertiary/aromatic N) is 1. The lowest BCUT2D eigenvalue weighted by Crippen LogP contribution is -2.48. The number of carboxylic acids is 1. The Hall–Kier alpha value is -3.35. The van der Waals surface area contributed by atoms with Crippen LogP contribution >= 0.6 is 0 Å². The van der Waals surface area contributed by atoms with Gasteiger partial charge in [-0.3, -0.25) is 4.79 Å². The number of amides is 2. The van der Waals surface area contributed by atoms with E-state index in [1.54, 1.807) is 0 Å². The number of aliphatic carboxylic acids is 1. The van der Waals surface area contributed by atoms with Gasteiger partial charge in [-0.25, -0.2) is 9.59 Å². The average molecular weight is 451 g/mol. The number of carbonyl (C=O) groups excluding carboxylic acids is 2. The second kappa shape index (κ2) is 9.25. The molecule has 0 aromatic heterocycles. The van der Waals surface area contributed by atoms with Crippen molar-refractivity contribution in [3.05, 3.63) is 59.7 Å². The van der Waals surface area contributed by atoms with Crippen LogP contribution in [-0.2, 0) is 14.3 Å². The van der Waals surface area contributed by atoms with Crippen molar-refractivity contribution in [3.63, 3.8) is 0 Å². The predicted octanol–water partition coefficient (Wildman–Crippen LogP) is 4.02. The topological polar surface area (TPSA) is 95.9 Å². The van der Waals surface area contributed by atoms with E-state index < -0.39 is 18.1 Å². The van der Waals surface area contributed by atoms with E-state index in [1.807, 2.05) is 24.3 Å². The van der Waals surface area contributed by atoms with Crippen molar-refractivity contribution in [2.45, 2.75) is 44.6 Å². The Bertz CT molecular complexity index is 1020. The molecule has 0 unspecified atom stereocenters. The summed E-state index contributed by atoms with van der Waals surface area (Å²) in [6.45, 7) is 2.07. The third-order valence-electron chi connectivity index (χ3n) is 7.22. The van der Waals surface area contributed by atoms with Gasteiger partial charge in [0.1, 0.15) is 12.6 Å². The number of carboxylic acid groups (broad SMARTS) is 1. The molecule has 33 heavy (non-hydrogen) atoms. The lowest BCUT2D eigenvalue weighted by atomic mass is 9.66. The molecule has 2 N–H and O–H groups in total. The van der Waals surface area contributed by atoms with Gasteiger partial charge in [-0.1, -0.05) is 55.0 Å². The van der Waals surface area contributed by atoms with Crippen LogP contribution in [0.1, 0.15) is 49.7 Å². The lowest BCUT2D eigenvalue weighted by molar-refractivity contribution is -0.149. The third kappa shape index (κ3) is 4.58. The fraction of sp³-hybridized carbons (Fsp3) is 0.423. The number of rotatable bonds is 8. The molecule has 0 heterocycles. The van der Waals surface area contributed by atoms with Gasteiger partial charge in [0, 0.05) is 25.9 Å². The van der Waals surface area contributed by atoms with Crippen LogP contribution in [0.5, 0.6) is 0 Å². The lowest BCUT2D eigenvalue weighted by Gasteiger charge is -2.42. The maximum Gasteiger partial charge on any atom is 0.407 e. The number of alkyl carbamates (subject to hydrolysis) is 1. The monoisotopic (exact) mass is 450 g/mol. The van der Waals surface area contributed by atoms with E-state index in [-0.39, 0.29) is 30.3 Å². The summed E-state index contributed by atoms with van der Waals surface area (Å²) in [6.07, 6.45) is 2.33. The molecule has 1 atom stereocenters. The van der Waals surface area contributed by atoms with E-state index in [0.29, 0.717) is 6.54 Å². The molecule has 2 aromatic rings. The molecule has 1 fully saturated rings. The Morgan fingerprint density at radius 2 is 1.67 bits per heavy atom. The standard InChI is InChI=1S/C26H30N2O5/c1-17(24(30)31)28(2)23(29)14-26(12-7-13-26)16-27-25(32)33-15-22-20-10-5-3-8-18(20)19-9-4-6-11-21(19)22/h3-6,8-11,17,22H,7,12-16H2,1-2H3,(H,27,32)(H,30,31)/t17-/m0/s1. The van der Waals surface area contributed by atoms with E-state index in [2.05, 4.69) is 29.6 Å². The van der Waals surface area contributed by atoms with E-state index in [1.165, 1.54) is 30.0 Å². The third-order valence-corrected chi connectivity index (χ3v) is 7.22. The van der Waals surface area contributed by atoms with Crippen LogP contribution in [0.15, 0.2) is 48.5 Å². The maximum atomic E-state index is 12.6. The molecule has 2 aromatic carbocycles. The van der Waals surface area contributed by atoms with Gasteiger partial charge in [-0.15, -0.1) is 0 Å². The molecule has 4 rings (SSSR count). The van der Waals surface area contributed by atoms with E-state index in [4.69, 9.17) is 9.84 Å². The Kier molecular flexibility index (Phi) is 6.40. The molecule has 0 aliphatic heterocycles.